The number of hydrogen-bond acceptors (Lipinski definition) is 0. The molecule has 10 rings (SSSR count). The van der Waals surface area contributed by atoms with Gasteiger partial charge in [0.1, 0.15) is 0 Å². The molecule has 0 aromatic heterocycles. The van der Waals surface area contributed by atoms with E-state index in [2.05, 4.69) is 208 Å². The van der Waals surface area contributed by atoms with E-state index in [0.717, 1.165) is 35.5 Å². The molecule has 0 heteroatoms. The molecule has 6 aliphatic rings. The van der Waals surface area contributed by atoms with Gasteiger partial charge in [0.2, 0.25) is 0 Å². The predicted octanol–water partition coefficient (Wildman–Crippen LogP) is 24.3. The number of rotatable bonds is 2. The lowest BCUT2D eigenvalue weighted by molar-refractivity contribution is 0.277. The Hall–Kier alpha value is -2.86. The van der Waals surface area contributed by atoms with Gasteiger partial charge in [-0.05, 0) is 118 Å². The lowest BCUT2D eigenvalue weighted by Gasteiger charge is -2.24. The molecule has 6 aliphatic carbocycles. The average molecular weight is 990 g/mol. The SMILES string of the molecule is C.C1CCC2CCCC2C1.C1CCC2CCCC2C1.CC(C)C.CC(C)C.CC(C)C.CC(C)C.CC(C)C1CCCC1.CC(C)c1ccccc1.c1ccc2c(c1)CCCC2.c1ccc2ccccc2c1. The van der Waals surface area contributed by atoms with Crippen LogP contribution in [0.1, 0.15) is 269 Å². The van der Waals surface area contributed by atoms with Crippen molar-refractivity contribution in [3.05, 3.63) is 120 Å². The summed E-state index contributed by atoms with van der Waals surface area (Å²) < 4.78 is 0. The van der Waals surface area contributed by atoms with Gasteiger partial charge in [0.25, 0.3) is 0 Å². The van der Waals surface area contributed by atoms with Gasteiger partial charge in [0, 0.05) is 0 Å². The van der Waals surface area contributed by atoms with E-state index >= 15 is 0 Å². The van der Waals surface area contributed by atoms with Gasteiger partial charge in [-0.15, -0.1) is 0 Å². The van der Waals surface area contributed by atoms with E-state index in [1.807, 2.05) is 6.07 Å². The fourth-order valence-corrected chi connectivity index (χ4v) is 10.6. The van der Waals surface area contributed by atoms with Crippen LogP contribution in [0.4, 0.5) is 0 Å². The van der Waals surface area contributed by atoms with Crippen LogP contribution >= 0.6 is 0 Å². The molecule has 0 heterocycles. The van der Waals surface area contributed by atoms with Gasteiger partial charge in [-0.25, -0.2) is 0 Å². The highest BCUT2D eigenvalue weighted by molar-refractivity contribution is 5.82. The smallest absolute Gasteiger partial charge is 0.0184 e. The molecular formula is C72H124. The Morgan fingerprint density at radius 1 is 0.292 bits per heavy atom. The van der Waals surface area contributed by atoms with Crippen LogP contribution in [-0.4, -0.2) is 0 Å². The molecule has 412 valence electrons. The first-order valence-corrected chi connectivity index (χ1v) is 30.5. The summed E-state index contributed by atoms with van der Waals surface area (Å²) in [6.45, 7) is 35.1. The molecule has 0 N–H and O–H groups in total. The van der Waals surface area contributed by atoms with Crippen molar-refractivity contribution in [3.63, 3.8) is 0 Å². The highest BCUT2D eigenvalue weighted by atomic mass is 14.4. The fourth-order valence-electron chi connectivity index (χ4n) is 10.6. The number of fused-ring (bicyclic) bond motifs is 4. The van der Waals surface area contributed by atoms with E-state index in [4.69, 9.17) is 0 Å². The van der Waals surface area contributed by atoms with Crippen molar-refractivity contribution in [2.24, 2.45) is 59.2 Å². The van der Waals surface area contributed by atoms with E-state index in [0.29, 0.717) is 5.92 Å². The van der Waals surface area contributed by atoms with Crippen LogP contribution in [-0.2, 0) is 12.8 Å². The molecule has 4 unspecified atom stereocenters. The zero-order chi connectivity index (χ0) is 52.8. The van der Waals surface area contributed by atoms with E-state index < -0.39 is 0 Å². The molecule has 0 amide bonds. The lowest BCUT2D eigenvalue weighted by atomic mass is 9.82. The van der Waals surface area contributed by atoms with Crippen molar-refractivity contribution < 1.29 is 0 Å². The largest absolute Gasteiger partial charge is 0.0776 e. The molecule has 72 heavy (non-hydrogen) atoms. The molecular weight excluding hydrogens is 865 g/mol. The van der Waals surface area contributed by atoms with Crippen LogP contribution < -0.4 is 0 Å². The number of benzene rings is 4. The van der Waals surface area contributed by atoms with Crippen LogP contribution in [0.3, 0.4) is 0 Å². The van der Waals surface area contributed by atoms with E-state index in [1.165, 1.54) is 130 Å². The summed E-state index contributed by atoms with van der Waals surface area (Å²) in [5.74, 6) is 10.7. The summed E-state index contributed by atoms with van der Waals surface area (Å²) in [6.07, 6.45) is 33.0. The van der Waals surface area contributed by atoms with Crippen molar-refractivity contribution in [1.82, 2.24) is 0 Å². The van der Waals surface area contributed by atoms with Gasteiger partial charge in [0.15, 0.2) is 0 Å². The van der Waals surface area contributed by atoms with Gasteiger partial charge in [-0.2, -0.15) is 0 Å². The van der Waals surface area contributed by atoms with Crippen LogP contribution in [0, 0.1) is 59.2 Å². The second-order valence-electron chi connectivity index (χ2n) is 25.6. The Morgan fingerprint density at radius 3 is 0.792 bits per heavy atom. The summed E-state index contributed by atoms with van der Waals surface area (Å²) in [5.41, 5.74) is 4.57. The molecule has 0 nitrogen and oxygen atoms in total. The Kier molecular flexibility index (Phi) is 41.7. The van der Waals surface area contributed by atoms with Crippen molar-refractivity contribution >= 4 is 10.8 Å². The maximum absolute atomic E-state index is 2.34. The second kappa shape index (κ2) is 43.4. The fraction of sp³-hybridized carbons (Fsp3) is 0.694. The maximum atomic E-state index is 2.34. The minimum atomic E-state index is 0. The van der Waals surface area contributed by atoms with Gasteiger partial charge in [-0.1, -0.05) is 337 Å². The Morgan fingerprint density at radius 2 is 0.542 bits per heavy atom. The highest BCUT2D eigenvalue weighted by Gasteiger charge is 2.29. The summed E-state index contributed by atoms with van der Waals surface area (Å²) in [7, 11) is 0. The monoisotopic (exact) mass is 989 g/mol. The van der Waals surface area contributed by atoms with E-state index in [-0.39, 0.29) is 7.43 Å². The van der Waals surface area contributed by atoms with Crippen molar-refractivity contribution in [3.8, 4) is 0 Å². The Balaban J connectivity index is 0.000000793. The van der Waals surface area contributed by atoms with Gasteiger partial charge in [-0.3, -0.25) is 0 Å². The standard InChI is InChI=1S/C10H12.C10H8.2C9H16.C9H12.C8H16.4C4H10.CH4/c2*1-2-6-10-8-4-3-7-9(10)5-1;2*1-2-5-9-7-3-6-8(9)4-1;1-8(2)9-6-4-3-5-7-9;1-7(2)8-5-3-4-6-8;4*1-4(2)3;/h1-2,5-6H,3-4,7-8H2;1-8H;2*8-9H,1-7H2;3-8H,1-2H3;7-8H,3-6H2,1-2H3;4*4H,1-3H3;1H4. The number of aryl methyl sites for hydroxylation is 2. The molecule has 4 aromatic rings. The van der Waals surface area contributed by atoms with Crippen molar-refractivity contribution in [2.45, 2.75) is 265 Å². The lowest BCUT2D eigenvalue weighted by Crippen LogP contribution is -2.12. The first kappa shape index (κ1) is 69.1. The molecule has 0 spiro atoms. The minimum absolute atomic E-state index is 0. The third kappa shape index (κ3) is 36.1. The molecule has 0 bridgehead atoms. The van der Waals surface area contributed by atoms with Gasteiger partial charge >= 0.3 is 0 Å². The Labute approximate surface area is 452 Å². The summed E-state index contributed by atoms with van der Waals surface area (Å²) in [6, 6.07) is 36.0. The van der Waals surface area contributed by atoms with Gasteiger partial charge < -0.3 is 0 Å². The Bertz CT molecular complexity index is 1580. The minimum Gasteiger partial charge on any atom is -0.0776 e. The molecule has 5 saturated carbocycles. The topological polar surface area (TPSA) is 0 Å². The molecule has 5 fully saturated rings. The maximum Gasteiger partial charge on any atom is -0.0184 e. The first-order valence-electron chi connectivity index (χ1n) is 30.5. The molecule has 0 saturated heterocycles. The molecule has 0 aliphatic heterocycles. The first-order chi connectivity index (χ1) is 33.9. The van der Waals surface area contributed by atoms with Crippen molar-refractivity contribution in [1.29, 1.82) is 0 Å². The summed E-state index contributed by atoms with van der Waals surface area (Å²) >= 11 is 0. The molecule has 4 aromatic carbocycles. The summed E-state index contributed by atoms with van der Waals surface area (Å²) in [4.78, 5) is 0. The predicted molar refractivity (Wildman–Crippen MR) is 332 cm³/mol. The van der Waals surface area contributed by atoms with Crippen LogP contribution in [0.5, 0.6) is 0 Å². The highest BCUT2D eigenvalue weighted by Crippen LogP contribution is 2.42. The quantitative estimate of drug-likeness (QED) is 0.188. The third-order valence-electron chi connectivity index (χ3n) is 14.2. The van der Waals surface area contributed by atoms with Crippen LogP contribution in [0.2, 0.25) is 0 Å². The zero-order valence-electron chi connectivity index (χ0n) is 50.2. The summed E-state index contributed by atoms with van der Waals surface area (Å²) in [5, 5.41) is 2.62. The average Bonchev–Trinajstić information content (AvgIpc) is 4.16. The zero-order valence-corrected chi connectivity index (χ0v) is 50.2. The van der Waals surface area contributed by atoms with E-state index in [9.17, 15) is 0 Å². The van der Waals surface area contributed by atoms with Crippen LogP contribution in [0.25, 0.3) is 10.8 Å². The van der Waals surface area contributed by atoms with E-state index in [1.54, 1.807) is 62.5 Å². The van der Waals surface area contributed by atoms with Gasteiger partial charge in [0.05, 0.1) is 0 Å². The van der Waals surface area contributed by atoms with Crippen molar-refractivity contribution in [2.75, 3.05) is 0 Å². The molecule has 0 radical (unpaired) electrons. The molecule has 4 atom stereocenters. The normalized spacial score (nSPS) is 20.1. The number of hydrogen-bond donors (Lipinski definition) is 0. The third-order valence-corrected chi connectivity index (χ3v) is 14.2. The van der Waals surface area contributed by atoms with Crippen LogP contribution in [0.15, 0.2) is 103 Å². The second-order valence-corrected chi connectivity index (χ2v) is 25.6.